The molecule has 2 rings (SSSR count). The van der Waals surface area contributed by atoms with Crippen LogP contribution < -0.4 is 11.2 Å². The predicted octanol–water partition coefficient (Wildman–Crippen LogP) is 3.85. The molecule has 3 N–H and O–H groups in total. The highest BCUT2D eigenvalue weighted by Gasteiger charge is 2.01. The first-order chi connectivity index (χ1) is 10.2. The van der Waals surface area contributed by atoms with E-state index in [9.17, 15) is 0 Å². The van der Waals surface area contributed by atoms with Crippen LogP contribution in [0.5, 0.6) is 0 Å². The van der Waals surface area contributed by atoms with E-state index < -0.39 is 0 Å². The number of halogens is 3. The van der Waals surface area contributed by atoms with Crippen LogP contribution >= 0.6 is 35.6 Å². The van der Waals surface area contributed by atoms with Crippen molar-refractivity contribution in [1.82, 2.24) is 5.43 Å². The molecule has 0 aromatic heterocycles. The lowest BCUT2D eigenvalue weighted by Gasteiger charge is -2.02. The minimum Gasteiger partial charge on any atom is -0.369 e. The molecule has 2 aromatic rings. The summed E-state index contributed by atoms with van der Waals surface area (Å²) in [6, 6.07) is 15.0. The van der Waals surface area contributed by atoms with Gasteiger partial charge in [0.15, 0.2) is 0 Å². The second kappa shape index (κ2) is 9.30. The molecule has 2 aromatic carbocycles. The van der Waals surface area contributed by atoms with Crippen LogP contribution in [-0.2, 0) is 6.54 Å². The van der Waals surface area contributed by atoms with Crippen molar-refractivity contribution in [2.45, 2.75) is 6.54 Å². The first kappa shape index (κ1) is 18.3. The van der Waals surface area contributed by atoms with Gasteiger partial charge in [-0.15, -0.1) is 12.4 Å². The molecule has 0 saturated heterocycles. The number of hydrazone groups is 1. The third-order valence-corrected chi connectivity index (χ3v) is 3.31. The fourth-order valence-electron chi connectivity index (χ4n) is 1.59. The summed E-state index contributed by atoms with van der Waals surface area (Å²) in [5.41, 5.74) is 10.1. The number of guanidine groups is 1. The lowest BCUT2D eigenvalue weighted by molar-refractivity contribution is 0.963. The van der Waals surface area contributed by atoms with Gasteiger partial charge in [0, 0.05) is 5.56 Å². The highest BCUT2D eigenvalue weighted by molar-refractivity contribution is 6.38. The van der Waals surface area contributed by atoms with E-state index in [4.69, 9.17) is 28.9 Å². The van der Waals surface area contributed by atoms with E-state index in [2.05, 4.69) is 15.5 Å². The number of benzene rings is 2. The van der Waals surface area contributed by atoms with Crippen molar-refractivity contribution in [2.24, 2.45) is 15.8 Å². The van der Waals surface area contributed by atoms with Crippen molar-refractivity contribution < 1.29 is 0 Å². The lowest BCUT2D eigenvalue weighted by Crippen LogP contribution is -2.27. The Morgan fingerprint density at radius 2 is 1.68 bits per heavy atom. The van der Waals surface area contributed by atoms with Crippen molar-refractivity contribution >= 4 is 47.8 Å². The summed E-state index contributed by atoms with van der Waals surface area (Å²) in [6.07, 6.45) is 1.51. The van der Waals surface area contributed by atoms with Gasteiger partial charge in [0.2, 0.25) is 5.96 Å². The second-order valence-corrected chi connectivity index (χ2v) is 5.01. The van der Waals surface area contributed by atoms with E-state index in [0.717, 1.165) is 5.56 Å². The zero-order chi connectivity index (χ0) is 15.1. The lowest BCUT2D eigenvalue weighted by atomic mass is 10.2. The molecular formula is C15H15Cl3N4. The van der Waals surface area contributed by atoms with Crippen LogP contribution in [0, 0.1) is 0 Å². The van der Waals surface area contributed by atoms with E-state index in [1.165, 1.54) is 6.21 Å². The van der Waals surface area contributed by atoms with Gasteiger partial charge in [-0.1, -0.05) is 59.6 Å². The summed E-state index contributed by atoms with van der Waals surface area (Å²) in [4.78, 5) is 4.17. The molecule has 0 heterocycles. The molecule has 0 aliphatic heterocycles. The average Bonchev–Trinajstić information content (AvgIpc) is 2.49. The average molecular weight is 358 g/mol. The van der Waals surface area contributed by atoms with E-state index in [1.807, 2.05) is 30.3 Å². The monoisotopic (exact) mass is 356 g/mol. The zero-order valence-electron chi connectivity index (χ0n) is 11.5. The summed E-state index contributed by atoms with van der Waals surface area (Å²) in [5.74, 6) is 0.221. The van der Waals surface area contributed by atoms with E-state index >= 15 is 0 Å². The minimum atomic E-state index is 0. The van der Waals surface area contributed by atoms with Gasteiger partial charge in [-0.25, -0.2) is 10.4 Å². The van der Waals surface area contributed by atoms with E-state index in [1.54, 1.807) is 18.2 Å². The largest absolute Gasteiger partial charge is 0.369 e. The molecule has 22 heavy (non-hydrogen) atoms. The quantitative estimate of drug-likeness (QED) is 0.496. The number of nitrogens with two attached hydrogens (primary N) is 1. The normalized spacial score (nSPS) is 11.3. The van der Waals surface area contributed by atoms with Gasteiger partial charge >= 0.3 is 0 Å². The van der Waals surface area contributed by atoms with Crippen LogP contribution in [0.2, 0.25) is 10.0 Å². The van der Waals surface area contributed by atoms with Gasteiger partial charge in [-0.3, -0.25) is 0 Å². The fraction of sp³-hybridized carbons (Fsp3) is 0.0667. The van der Waals surface area contributed by atoms with Gasteiger partial charge in [-0.2, -0.15) is 5.10 Å². The Morgan fingerprint density at radius 1 is 1.05 bits per heavy atom. The van der Waals surface area contributed by atoms with Crippen molar-refractivity contribution in [3.63, 3.8) is 0 Å². The maximum atomic E-state index is 6.02. The van der Waals surface area contributed by atoms with Crippen LogP contribution in [0.15, 0.2) is 58.6 Å². The Balaban J connectivity index is 0.00000242. The van der Waals surface area contributed by atoms with Crippen molar-refractivity contribution in [1.29, 1.82) is 0 Å². The molecule has 0 amide bonds. The van der Waals surface area contributed by atoms with Gasteiger partial charge in [0.25, 0.3) is 0 Å². The Labute approximate surface area is 145 Å². The smallest absolute Gasteiger partial charge is 0.209 e. The summed E-state index contributed by atoms with van der Waals surface area (Å²) in [5, 5.41) is 5.02. The second-order valence-electron chi connectivity index (χ2n) is 4.19. The zero-order valence-corrected chi connectivity index (χ0v) is 13.9. The SMILES string of the molecule is Cl.NC(=NCc1ccccc1)N/N=C/c1c(Cl)cccc1Cl. The molecule has 0 atom stereocenters. The molecule has 0 unspecified atom stereocenters. The van der Waals surface area contributed by atoms with Gasteiger partial charge in [0.1, 0.15) is 0 Å². The van der Waals surface area contributed by atoms with E-state index in [0.29, 0.717) is 22.2 Å². The van der Waals surface area contributed by atoms with Gasteiger partial charge in [-0.05, 0) is 17.7 Å². The van der Waals surface area contributed by atoms with Crippen LogP contribution in [-0.4, -0.2) is 12.2 Å². The first-order valence-corrected chi connectivity index (χ1v) is 6.99. The van der Waals surface area contributed by atoms with Crippen LogP contribution in [0.1, 0.15) is 11.1 Å². The number of aliphatic imine (C=N–C) groups is 1. The molecule has 0 aliphatic carbocycles. The maximum Gasteiger partial charge on any atom is 0.209 e. The van der Waals surface area contributed by atoms with Gasteiger partial charge < -0.3 is 5.73 Å². The number of nitrogens with one attached hydrogen (secondary N) is 1. The number of rotatable bonds is 4. The number of nitrogens with zero attached hydrogens (tertiary/aromatic N) is 2. The molecule has 0 fully saturated rings. The third kappa shape index (κ3) is 5.56. The van der Waals surface area contributed by atoms with Gasteiger partial charge in [0.05, 0.1) is 22.8 Å². The van der Waals surface area contributed by atoms with Crippen molar-refractivity contribution in [3.8, 4) is 0 Å². The molecule has 7 heteroatoms. The van der Waals surface area contributed by atoms with Crippen LogP contribution in [0.4, 0.5) is 0 Å². The molecule has 0 radical (unpaired) electrons. The fourth-order valence-corrected chi connectivity index (χ4v) is 2.09. The molecule has 0 spiro atoms. The highest BCUT2D eigenvalue weighted by Crippen LogP contribution is 2.21. The highest BCUT2D eigenvalue weighted by atomic mass is 35.5. The van der Waals surface area contributed by atoms with E-state index in [-0.39, 0.29) is 18.4 Å². The summed E-state index contributed by atoms with van der Waals surface area (Å²) >= 11 is 12.0. The minimum absolute atomic E-state index is 0. The molecule has 4 nitrogen and oxygen atoms in total. The Bertz CT molecular complexity index is 637. The first-order valence-electron chi connectivity index (χ1n) is 6.24. The predicted molar refractivity (Wildman–Crippen MR) is 96.2 cm³/mol. The van der Waals surface area contributed by atoms with Crippen molar-refractivity contribution in [3.05, 3.63) is 69.7 Å². The van der Waals surface area contributed by atoms with Crippen molar-refractivity contribution in [2.75, 3.05) is 0 Å². The topological polar surface area (TPSA) is 62.8 Å². The molecule has 0 bridgehead atoms. The summed E-state index contributed by atoms with van der Waals surface area (Å²) < 4.78 is 0. The molecule has 116 valence electrons. The number of hydrogen-bond acceptors (Lipinski definition) is 2. The molecule has 0 saturated carbocycles. The standard InChI is InChI=1S/C15H14Cl2N4.ClH/c16-13-7-4-8-14(17)12(13)10-20-21-15(18)19-9-11-5-2-1-3-6-11;/h1-8,10H,9H2,(H3,18,19,21);1H/b20-10+;. The molecule has 0 aliphatic rings. The maximum absolute atomic E-state index is 6.02. The summed E-state index contributed by atoms with van der Waals surface area (Å²) in [7, 11) is 0. The third-order valence-electron chi connectivity index (χ3n) is 2.65. The number of hydrogen-bond donors (Lipinski definition) is 2. The molecular weight excluding hydrogens is 343 g/mol. The van der Waals surface area contributed by atoms with Crippen LogP contribution in [0.3, 0.4) is 0 Å². The Hall–Kier alpha value is -1.75. The summed E-state index contributed by atoms with van der Waals surface area (Å²) in [6.45, 7) is 0.488. The Kier molecular flexibility index (Phi) is 7.74. The Morgan fingerprint density at radius 3 is 2.32 bits per heavy atom. The van der Waals surface area contributed by atoms with Crippen LogP contribution in [0.25, 0.3) is 0 Å².